The van der Waals surface area contributed by atoms with Crippen LogP contribution in [0.25, 0.3) is 6.08 Å². The van der Waals surface area contributed by atoms with Crippen molar-refractivity contribution in [2.24, 2.45) is 0 Å². The van der Waals surface area contributed by atoms with Gasteiger partial charge >= 0.3 is 0 Å². The average molecular weight is 469 g/mol. The molecule has 2 aromatic heterocycles. The number of ether oxygens (including phenoxy) is 1. The summed E-state index contributed by atoms with van der Waals surface area (Å²) in [4.78, 5) is 14.4. The highest BCUT2D eigenvalue weighted by molar-refractivity contribution is 7.14. The number of halogens is 2. The van der Waals surface area contributed by atoms with Crippen molar-refractivity contribution < 1.29 is 13.9 Å². The number of allylic oxidation sites excluding steroid dienone is 1. The van der Waals surface area contributed by atoms with Crippen molar-refractivity contribution in [2.75, 3.05) is 0 Å². The molecule has 0 aliphatic heterocycles. The molecule has 4 rings (SSSR count). The number of carbonyl (C=O) groups is 1. The summed E-state index contributed by atoms with van der Waals surface area (Å²) in [6.07, 6.45) is 4.00. The summed E-state index contributed by atoms with van der Waals surface area (Å²) in [6, 6.07) is 22.9. The fourth-order valence-electron chi connectivity index (χ4n) is 2.95. The van der Waals surface area contributed by atoms with Gasteiger partial charge in [0.05, 0.1) is 9.90 Å². The lowest BCUT2D eigenvalue weighted by Gasteiger charge is -2.06. The van der Waals surface area contributed by atoms with Crippen molar-refractivity contribution in [2.45, 2.75) is 13.0 Å². The van der Waals surface area contributed by atoms with Crippen molar-refractivity contribution in [3.05, 3.63) is 116 Å². The molecule has 6 heteroatoms. The summed E-state index contributed by atoms with van der Waals surface area (Å²) in [7, 11) is 0. The topological polar surface area (TPSA) is 39.4 Å². The zero-order valence-electron chi connectivity index (χ0n) is 16.4. The molecule has 0 aliphatic rings. The molecule has 2 aromatic carbocycles. The van der Waals surface area contributed by atoms with Crippen LogP contribution in [-0.2, 0) is 13.0 Å². The maximum atomic E-state index is 12.5. The van der Waals surface area contributed by atoms with Gasteiger partial charge in [-0.05, 0) is 54.1 Å². The molecule has 0 N–H and O–H groups in total. The Kier molecular flexibility index (Phi) is 6.92. The Balaban J connectivity index is 1.34. The number of rotatable bonds is 8. The monoisotopic (exact) mass is 468 g/mol. The van der Waals surface area contributed by atoms with Crippen LogP contribution in [0.5, 0.6) is 5.75 Å². The molecule has 0 saturated heterocycles. The van der Waals surface area contributed by atoms with Crippen LogP contribution in [0, 0.1) is 0 Å². The van der Waals surface area contributed by atoms with E-state index in [-0.39, 0.29) is 12.4 Å². The van der Waals surface area contributed by atoms with Gasteiger partial charge in [-0.3, -0.25) is 4.79 Å². The van der Waals surface area contributed by atoms with E-state index in [0.717, 1.165) is 11.3 Å². The number of carbonyl (C=O) groups excluding carboxylic acids is 1. The molecule has 0 amide bonds. The van der Waals surface area contributed by atoms with E-state index in [2.05, 4.69) is 12.1 Å². The van der Waals surface area contributed by atoms with Crippen LogP contribution < -0.4 is 4.74 Å². The Bertz CT molecular complexity index is 1210. The molecule has 0 radical (unpaired) electrons. The Hall–Kier alpha value is -2.79. The molecular weight excluding hydrogens is 451 g/mol. The fourth-order valence-corrected chi connectivity index (χ4v) is 4.26. The molecule has 156 valence electrons. The summed E-state index contributed by atoms with van der Waals surface area (Å²) < 4.78 is 11.4. The predicted octanol–water partition coefficient (Wildman–Crippen LogP) is 7.71. The Labute approximate surface area is 194 Å². The van der Waals surface area contributed by atoms with Crippen molar-refractivity contribution >= 4 is 46.4 Å². The van der Waals surface area contributed by atoms with Crippen LogP contribution in [0.4, 0.5) is 0 Å². The maximum absolute atomic E-state index is 12.5. The molecule has 0 atom stereocenters. The van der Waals surface area contributed by atoms with Crippen LogP contribution in [0.1, 0.15) is 31.6 Å². The summed E-state index contributed by atoms with van der Waals surface area (Å²) >= 11 is 13.6. The van der Waals surface area contributed by atoms with Gasteiger partial charge in [0.25, 0.3) is 0 Å². The van der Waals surface area contributed by atoms with Crippen LogP contribution >= 0.6 is 34.5 Å². The molecule has 0 unspecified atom stereocenters. The first-order valence-electron chi connectivity index (χ1n) is 9.59. The minimum Gasteiger partial charge on any atom is -0.484 e. The first kappa shape index (κ1) is 21.4. The van der Waals surface area contributed by atoms with Gasteiger partial charge in [0.1, 0.15) is 28.9 Å². The van der Waals surface area contributed by atoms with E-state index in [9.17, 15) is 4.79 Å². The van der Waals surface area contributed by atoms with Crippen LogP contribution in [0.3, 0.4) is 0 Å². The van der Waals surface area contributed by atoms with E-state index in [0.29, 0.717) is 32.2 Å². The van der Waals surface area contributed by atoms with E-state index >= 15 is 0 Å². The molecule has 0 spiro atoms. The molecular formula is C25H18Cl2O3S. The lowest BCUT2D eigenvalue weighted by Crippen LogP contribution is -1.94. The second kappa shape index (κ2) is 10.0. The second-order valence-electron chi connectivity index (χ2n) is 6.77. The number of hydrogen-bond donors (Lipinski definition) is 0. The first-order valence-corrected chi connectivity index (χ1v) is 11.2. The zero-order valence-corrected chi connectivity index (χ0v) is 18.7. The summed E-state index contributed by atoms with van der Waals surface area (Å²) in [5.74, 6) is 1.63. The van der Waals surface area contributed by atoms with Crippen molar-refractivity contribution in [3.8, 4) is 5.75 Å². The van der Waals surface area contributed by atoms with E-state index in [1.807, 2.05) is 30.3 Å². The third kappa shape index (κ3) is 5.67. The smallest absolute Gasteiger partial charge is 0.195 e. The minimum atomic E-state index is -0.0516. The highest BCUT2D eigenvalue weighted by atomic mass is 35.5. The Morgan fingerprint density at radius 3 is 2.65 bits per heavy atom. The molecule has 0 bridgehead atoms. The highest BCUT2D eigenvalue weighted by Crippen LogP contribution is 2.32. The third-order valence-corrected chi connectivity index (χ3v) is 6.39. The SMILES string of the molecule is O=C(/C=C/c1ccc(COc2cccc(Cl)c2Cl)o1)c1ccc(Cc2ccccc2)s1. The summed E-state index contributed by atoms with van der Waals surface area (Å²) in [5, 5.41) is 0.797. The van der Waals surface area contributed by atoms with Crippen LogP contribution in [0.15, 0.2) is 83.3 Å². The lowest BCUT2D eigenvalue weighted by atomic mass is 10.1. The normalized spacial score (nSPS) is 11.2. The Morgan fingerprint density at radius 1 is 0.968 bits per heavy atom. The molecule has 4 aromatic rings. The molecule has 0 saturated carbocycles. The van der Waals surface area contributed by atoms with E-state index < -0.39 is 0 Å². The first-order chi connectivity index (χ1) is 15.1. The van der Waals surface area contributed by atoms with Crippen molar-refractivity contribution in [1.29, 1.82) is 0 Å². The van der Waals surface area contributed by atoms with Gasteiger partial charge in [-0.1, -0.05) is 59.6 Å². The second-order valence-corrected chi connectivity index (χ2v) is 8.72. The minimum absolute atomic E-state index is 0.0516. The summed E-state index contributed by atoms with van der Waals surface area (Å²) in [5.41, 5.74) is 1.23. The van der Waals surface area contributed by atoms with Gasteiger partial charge in [0, 0.05) is 11.3 Å². The number of thiophene rings is 1. The third-order valence-electron chi connectivity index (χ3n) is 4.49. The van der Waals surface area contributed by atoms with Crippen molar-refractivity contribution in [3.63, 3.8) is 0 Å². The highest BCUT2D eigenvalue weighted by Gasteiger charge is 2.09. The maximum Gasteiger partial charge on any atom is 0.195 e. The van der Waals surface area contributed by atoms with Crippen LogP contribution in [0.2, 0.25) is 10.0 Å². The zero-order chi connectivity index (χ0) is 21.6. The number of furan rings is 1. The van der Waals surface area contributed by atoms with Gasteiger partial charge in [0.2, 0.25) is 0 Å². The van der Waals surface area contributed by atoms with Gasteiger partial charge in [-0.15, -0.1) is 11.3 Å². The van der Waals surface area contributed by atoms with Gasteiger partial charge in [0.15, 0.2) is 5.78 Å². The van der Waals surface area contributed by atoms with E-state index in [4.69, 9.17) is 32.4 Å². The number of benzene rings is 2. The van der Waals surface area contributed by atoms with Gasteiger partial charge in [-0.2, -0.15) is 0 Å². The molecule has 3 nitrogen and oxygen atoms in total. The standard InChI is InChI=1S/C25H18Cl2O3S/c26-21-7-4-8-23(25(21)27)29-16-19-10-9-18(30-19)11-13-22(28)24-14-12-20(31-24)15-17-5-2-1-3-6-17/h1-14H,15-16H2/b13-11+. The quantitative estimate of drug-likeness (QED) is 0.196. The number of ketones is 1. The summed E-state index contributed by atoms with van der Waals surface area (Å²) in [6.45, 7) is 0.204. The van der Waals surface area contributed by atoms with Crippen LogP contribution in [-0.4, -0.2) is 5.78 Å². The predicted molar refractivity (Wildman–Crippen MR) is 126 cm³/mol. The van der Waals surface area contributed by atoms with E-state index in [1.54, 1.807) is 36.4 Å². The molecule has 0 fully saturated rings. The number of hydrogen-bond acceptors (Lipinski definition) is 4. The molecule has 2 heterocycles. The average Bonchev–Trinajstić information content (AvgIpc) is 3.43. The van der Waals surface area contributed by atoms with Crippen molar-refractivity contribution in [1.82, 2.24) is 0 Å². The van der Waals surface area contributed by atoms with Gasteiger partial charge < -0.3 is 9.15 Å². The Morgan fingerprint density at radius 2 is 1.81 bits per heavy atom. The largest absolute Gasteiger partial charge is 0.484 e. The molecule has 31 heavy (non-hydrogen) atoms. The fraction of sp³-hybridized carbons (Fsp3) is 0.0800. The van der Waals surface area contributed by atoms with Gasteiger partial charge in [-0.25, -0.2) is 0 Å². The molecule has 0 aliphatic carbocycles. The lowest BCUT2D eigenvalue weighted by molar-refractivity contribution is 0.105. The van der Waals surface area contributed by atoms with E-state index in [1.165, 1.54) is 23.0 Å².